The molecule has 1 aliphatic rings. The molecule has 12 heteroatoms. The maximum atomic E-state index is 13.0. The second kappa shape index (κ2) is 10.7. The van der Waals surface area contributed by atoms with Gasteiger partial charge in [-0.05, 0) is 37.4 Å². The van der Waals surface area contributed by atoms with Gasteiger partial charge in [0.25, 0.3) is 5.91 Å². The second-order valence-corrected chi connectivity index (χ2v) is 9.88. The third-order valence-corrected chi connectivity index (χ3v) is 7.61. The van der Waals surface area contributed by atoms with Crippen LogP contribution in [0, 0.1) is 0 Å². The van der Waals surface area contributed by atoms with Crippen molar-refractivity contribution in [2.75, 3.05) is 53.5 Å². The molecule has 1 aliphatic heterocycles. The second-order valence-electron chi connectivity index (χ2n) is 7.94. The number of H-pyrrole nitrogens is 1. The number of halogens is 1. The zero-order valence-electron chi connectivity index (χ0n) is 18.9. The number of hydrogen-bond acceptors (Lipinski definition) is 7. The van der Waals surface area contributed by atoms with Crippen molar-refractivity contribution in [1.29, 1.82) is 0 Å². The highest BCUT2D eigenvalue weighted by Crippen LogP contribution is 2.36. The van der Waals surface area contributed by atoms with Crippen molar-refractivity contribution in [3.05, 3.63) is 42.1 Å². The smallest absolute Gasteiger partial charge is 0.251 e. The van der Waals surface area contributed by atoms with E-state index in [4.69, 9.17) is 4.74 Å². The molecular formula is C22H28ClN5O5S. The molecule has 184 valence electrons. The van der Waals surface area contributed by atoms with E-state index in [1.165, 1.54) is 16.6 Å². The molecule has 0 aliphatic carbocycles. The standard InChI is InChI=1S/C22H27N5O5S.ClH/c1-26-8-10-27(11-9-26)33(30,31)16-4-6-19(24-14-16)20-17-13-15(21(28)23-7-12-32-2)3-5-18(17)25-22(20)29;/h3-6,13-14,25,29H,7-12H2,1-2H3,(H,23,28);1H. The molecule has 4 rings (SSSR count). The third-order valence-electron chi connectivity index (χ3n) is 5.73. The predicted octanol–water partition coefficient (Wildman–Crippen LogP) is 1.67. The van der Waals surface area contributed by atoms with Gasteiger partial charge in [-0.2, -0.15) is 4.31 Å². The molecule has 0 saturated carbocycles. The fourth-order valence-corrected chi connectivity index (χ4v) is 5.17. The summed E-state index contributed by atoms with van der Waals surface area (Å²) in [7, 11) is -0.124. The number of amides is 1. The fraction of sp³-hybridized carbons (Fsp3) is 0.364. The number of sulfonamides is 1. The first-order valence-corrected chi connectivity index (χ1v) is 12.0. The molecule has 0 bridgehead atoms. The molecule has 3 aromatic rings. The van der Waals surface area contributed by atoms with E-state index in [1.807, 2.05) is 7.05 Å². The van der Waals surface area contributed by atoms with Gasteiger partial charge in [0, 0.05) is 62.5 Å². The molecule has 1 aromatic carbocycles. The van der Waals surface area contributed by atoms with Crippen LogP contribution < -0.4 is 5.32 Å². The lowest BCUT2D eigenvalue weighted by atomic mass is 10.1. The Kier molecular flexibility index (Phi) is 8.16. The van der Waals surface area contributed by atoms with E-state index in [0.29, 0.717) is 67.1 Å². The first-order valence-electron chi connectivity index (χ1n) is 10.6. The highest BCUT2D eigenvalue weighted by molar-refractivity contribution is 7.89. The van der Waals surface area contributed by atoms with E-state index >= 15 is 0 Å². The molecule has 3 heterocycles. The molecule has 1 amide bonds. The topological polar surface area (TPSA) is 128 Å². The van der Waals surface area contributed by atoms with Gasteiger partial charge in [0.2, 0.25) is 10.0 Å². The Labute approximate surface area is 204 Å². The number of nitrogens with one attached hydrogen (secondary N) is 2. The van der Waals surface area contributed by atoms with Crippen LogP contribution in [0.5, 0.6) is 5.88 Å². The zero-order valence-corrected chi connectivity index (χ0v) is 20.6. The summed E-state index contributed by atoms with van der Waals surface area (Å²) >= 11 is 0. The minimum absolute atomic E-state index is 0. The van der Waals surface area contributed by atoms with Gasteiger partial charge in [0.15, 0.2) is 5.88 Å². The highest BCUT2D eigenvalue weighted by Gasteiger charge is 2.28. The fourth-order valence-electron chi connectivity index (χ4n) is 3.81. The van der Waals surface area contributed by atoms with Gasteiger partial charge in [-0.1, -0.05) is 0 Å². The summed E-state index contributed by atoms with van der Waals surface area (Å²) in [6.45, 7) is 2.99. The SMILES string of the molecule is COCCNC(=O)c1ccc2[nH]c(O)c(-c3ccc(S(=O)(=O)N4CCN(C)CC4)cn3)c2c1.Cl. The van der Waals surface area contributed by atoms with Crippen LogP contribution in [-0.2, 0) is 14.8 Å². The monoisotopic (exact) mass is 509 g/mol. The van der Waals surface area contributed by atoms with Gasteiger partial charge >= 0.3 is 0 Å². The number of likely N-dealkylation sites (N-methyl/N-ethyl adjacent to an activating group) is 1. The van der Waals surface area contributed by atoms with Crippen LogP contribution in [0.15, 0.2) is 41.4 Å². The van der Waals surface area contributed by atoms with Crippen molar-refractivity contribution in [3.8, 4) is 17.1 Å². The summed E-state index contributed by atoms with van der Waals surface area (Å²) in [6, 6.07) is 8.09. The number of ether oxygens (including phenoxy) is 1. The average molecular weight is 510 g/mol. The van der Waals surface area contributed by atoms with Crippen molar-refractivity contribution in [3.63, 3.8) is 0 Å². The number of pyridine rings is 1. The van der Waals surface area contributed by atoms with Crippen LogP contribution >= 0.6 is 12.4 Å². The van der Waals surface area contributed by atoms with Crippen molar-refractivity contribution < 1.29 is 23.1 Å². The van der Waals surface area contributed by atoms with E-state index in [9.17, 15) is 18.3 Å². The molecule has 0 unspecified atom stereocenters. The maximum absolute atomic E-state index is 13.0. The van der Waals surface area contributed by atoms with E-state index in [0.717, 1.165) is 0 Å². The van der Waals surface area contributed by atoms with E-state index in [1.54, 1.807) is 31.4 Å². The molecule has 0 spiro atoms. The van der Waals surface area contributed by atoms with Crippen molar-refractivity contribution in [2.24, 2.45) is 0 Å². The molecule has 10 nitrogen and oxygen atoms in total. The van der Waals surface area contributed by atoms with Gasteiger partial charge in [-0.3, -0.25) is 9.78 Å². The Morgan fingerprint density at radius 2 is 1.94 bits per heavy atom. The Bertz CT molecular complexity index is 1250. The summed E-state index contributed by atoms with van der Waals surface area (Å²) in [4.78, 5) is 21.8. The summed E-state index contributed by atoms with van der Waals surface area (Å²) in [5.74, 6) is -0.369. The van der Waals surface area contributed by atoms with Crippen molar-refractivity contribution in [1.82, 2.24) is 24.5 Å². The van der Waals surface area contributed by atoms with Crippen LogP contribution in [0.25, 0.3) is 22.2 Å². The Morgan fingerprint density at radius 1 is 1.21 bits per heavy atom. The quantitative estimate of drug-likeness (QED) is 0.413. The van der Waals surface area contributed by atoms with Gasteiger partial charge in [0.1, 0.15) is 4.90 Å². The molecule has 0 atom stereocenters. The molecular weight excluding hydrogens is 482 g/mol. The number of nitrogens with zero attached hydrogens (tertiary/aromatic N) is 3. The van der Waals surface area contributed by atoms with Crippen molar-refractivity contribution >= 4 is 39.2 Å². The molecule has 1 saturated heterocycles. The lowest BCUT2D eigenvalue weighted by molar-refractivity contribution is 0.0937. The Balaban J connectivity index is 0.00000324. The van der Waals surface area contributed by atoms with Crippen LogP contribution in [0.2, 0.25) is 0 Å². The number of benzene rings is 1. The lowest BCUT2D eigenvalue weighted by Crippen LogP contribution is -2.47. The number of carbonyl (C=O) groups excluding carboxylic acids is 1. The third kappa shape index (κ3) is 5.18. The summed E-state index contributed by atoms with van der Waals surface area (Å²) in [5.41, 5.74) is 1.85. The summed E-state index contributed by atoms with van der Waals surface area (Å²) < 4.78 is 32.3. The van der Waals surface area contributed by atoms with Crippen LogP contribution in [0.4, 0.5) is 0 Å². The van der Waals surface area contributed by atoms with Gasteiger partial charge in [-0.15, -0.1) is 12.4 Å². The molecule has 34 heavy (non-hydrogen) atoms. The lowest BCUT2D eigenvalue weighted by Gasteiger charge is -2.31. The zero-order chi connectivity index (χ0) is 23.6. The van der Waals surface area contributed by atoms with E-state index in [2.05, 4.69) is 20.2 Å². The number of methoxy groups -OCH3 is 1. The number of carbonyl (C=O) groups is 1. The van der Waals surface area contributed by atoms with Gasteiger partial charge in [0.05, 0.1) is 17.9 Å². The number of piperazine rings is 1. The molecule has 2 aromatic heterocycles. The molecule has 1 fully saturated rings. The number of aromatic nitrogens is 2. The number of aromatic amines is 1. The number of aromatic hydroxyl groups is 1. The largest absolute Gasteiger partial charge is 0.494 e. The number of fused-ring (bicyclic) bond motifs is 1. The predicted molar refractivity (Wildman–Crippen MR) is 131 cm³/mol. The normalized spacial score (nSPS) is 15.2. The van der Waals surface area contributed by atoms with E-state index < -0.39 is 10.0 Å². The number of hydrogen-bond donors (Lipinski definition) is 3. The minimum Gasteiger partial charge on any atom is -0.494 e. The molecule has 3 N–H and O–H groups in total. The summed E-state index contributed by atoms with van der Waals surface area (Å²) in [6.07, 6.45) is 1.31. The minimum atomic E-state index is -3.64. The van der Waals surface area contributed by atoms with Crippen LogP contribution in [-0.4, -0.2) is 92.1 Å². The Morgan fingerprint density at radius 3 is 2.59 bits per heavy atom. The number of rotatable bonds is 7. The molecule has 0 radical (unpaired) electrons. The highest BCUT2D eigenvalue weighted by atomic mass is 35.5. The van der Waals surface area contributed by atoms with Crippen molar-refractivity contribution in [2.45, 2.75) is 4.90 Å². The summed E-state index contributed by atoms with van der Waals surface area (Å²) in [5, 5.41) is 13.9. The average Bonchev–Trinajstić information content (AvgIpc) is 3.14. The first kappa shape index (κ1) is 25.9. The van der Waals surface area contributed by atoms with E-state index in [-0.39, 0.29) is 29.1 Å². The Hall–Kier alpha value is -2.70. The maximum Gasteiger partial charge on any atom is 0.251 e. The first-order chi connectivity index (χ1) is 15.8. The van der Waals surface area contributed by atoms with Crippen LogP contribution in [0.3, 0.4) is 0 Å². The van der Waals surface area contributed by atoms with Gasteiger partial charge in [-0.25, -0.2) is 8.42 Å². The van der Waals surface area contributed by atoms with Gasteiger partial charge < -0.3 is 25.0 Å². The van der Waals surface area contributed by atoms with Crippen LogP contribution in [0.1, 0.15) is 10.4 Å².